The summed E-state index contributed by atoms with van der Waals surface area (Å²) in [5, 5.41) is 8.68. The third-order valence-electron chi connectivity index (χ3n) is 3.44. The van der Waals surface area contributed by atoms with Crippen molar-refractivity contribution >= 4 is 5.97 Å². The van der Waals surface area contributed by atoms with Gasteiger partial charge in [-0.05, 0) is 30.4 Å². The first-order valence-corrected chi connectivity index (χ1v) is 5.96. The normalized spacial score (nSPS) is 16.8. The highest BCUT2D eigenvalue weighted by Gasteiger charge is 2.44. The highest BCUT2D eigenvalue weighted by atomic mass is 16.5. The van der Waals surface area contributed by atoms with Crippen molar-refractivity contribution in [1.29, 1.82) is 0 Å². The van der Waals surface area contributed by atoms with Gasteiger partial charge in [0.15, 0.2) is 0 Å². The molecule has 1 aliphatic rings. The second-order valence-electron chi connectivity index (χ2n) is 4.81. The highest BCUT2D eigenvalue weighted by molar-refractivity contribution is 5.67. The summed E-state index contributed by atoms with van der Waals surface area (Å²) in [6, 6.07) is 8.27. The third kappa shape index (κ3) is 2.86. The molecule has 0 unspecified atom stereocenters. The minimum atomic E-state index is -0.742. The van der Waals surface area contributed by atoms with Crippen LogP contribution in [0.3, 0.4) is 0 Å². The second-order valence-corrected chi connectivity index (χ2v) is 4.81. The van der Waals surface area contributed by atoms with Crippen molar-refractivity contribution in [2.45, 2.75) is 31.1 Å². The summed E-state index contributed by atoms with van der Waals surface area (Å²) >= 11 is 0. The second kappa shape index (κ2) is 4.88. The maximum atomic E-state index is 10.5. The number of carboxylic acid groups (broad SMARTS) is 1. The van der Waals surface area contributed by atoms with Crippen LogP contribution >= 0.6 is 0 Å². The maximum absolute atomic E-state index is 10.5. The number of ether oxygens (including phenoxy) is 1. The summed E-state index contributed by atoms with van der Waals surface area (Å²) < 4.78 is 5.27. The Hall–Kier alpha value is -1.35. The van der Waals surface area contributed by atoms with Crippen molar-refractivity contribution in [3.63, 3.8) is 0 Å². The number of rotatable bonds is 6. The van der Waals surface area contributed by atoms with E-state index in [1.807, 2.05) is 12.1 Å². The summed E-state index contributed by atoms with van der Waals surface area (Å²) in [5.74, 6) is -0.742. The lowest BCUT2D eigenvalue weighted by atomic mass is 9.94. The Morgan fingerprint density at radius 2 is 2.24 bits per heavy atom. The van der Waals surface area contributed by atoms with E-state index in [2.05, 4.69) is 12.1 Å². The summed E-state index contributed by atoms with van der Waals surface area (Å²) in [5.41, 5.74) is 2.60. The average Bonchev–Trinajstić information content (AvgIpc) is 3.08. The van der Waals surface area contributed by atoms with Gasteiger partial charge in [0.05, 0.1) is 6.61 Å². The largest absolute Gasteiger partial charge is 0.481 e. The average molecular weight is 234 g/mol. The summed E-state index contributed by atoms with van der Waals surface area (Å²) in [6.45, 7) is 0.759. The SMILES string of the molecule is COCC1(c2cccc(CCC(=O)O)c2)CC1. The van der Waals surface area contributed by atoms with E-state index in [1.165, 1.54) is 18.4 Å². The zero-order valence-electron chi connectivity index (χ0n) is 10.1. The number of methoxy groups -OCH3 is 1. The zero-order chi connectivity index (χ0) is 12.3. The van der Waals surface area contributed by atoms with Crippen LogP contribution in [-0.4, -0.2) is 24.8 Å². The van der Waals surface area contributed by atoms with Gasteiger partial charge in [0, 0.05) is 18.9 Å². The van der Waals surface area contributed by atoms with Gasteiger partial charge >= 0.3 is 5.97 Å². The van der Waals surface area contributed by atoms with E-state index in [0.717, 1.165) is 12.2 Å². The first-order valence-electron chi connectivity index (χ1n) is 5.96. The molecule has 1 N–H and O–H groups in total. The summed E-state index contributed by atoms with van der Waals surface area (Å²) in [7, 11) is 1.73. The number of carbonyl (C=O) groups is 1. The van der Waals surface area contributed by atoms with E-state index in [0.29, 0.717) is 6.42 Å². The van der Waals surface area contributed by atoms with Crippen molar-refractivity contribution in [1.82, 2.24) is 0 Å². The van der Waals surface area contributed by atoms with Gasteiger partial charge in [-0.25, -0.2) is 0 Å². The van der Waals surface area contributed by atoms with Crippen LogP contribution in [0.5, 0.6) is 0 Å². The van der Waals surface area contributed by atoms with E-state index >= 15 is 0 Å². The molecule has 0 bridgehead atoms. The predicted octanol–water partition coefficient (Wildman–Crippen LogP) is 2.38. The Balaban J connectivity index is 2.09. The molecule has 1 saturated carbocycles. The molecule has 0 aliphatic heterocycles. The first-order chi connectivity index (χ1) is 8.16. The topological polar surface area (TPSA) is 46.5 Å². The van der Waals surface area contributed by atoms with E-state index in [1.54, 1.807) is 7.11 Å². The van der Waals surface area contributed by atoms with E-state index < -0.39 is 5.97 Å². The Morgan fingerprint density at radius 3 is 2.82 bits per heavy atom. The number of aryl methyl sites for hydroxylation is 1. The van der Waals surface area contributed by atoms with Crippen molar-refractivity contribution in [2.24, 2.45) is 0 Å². The number of hydrogen-bond acceptors (Lipinski definition) is 2. The van der Waals surface area contributed by atoms with E-state index in [4.69, 9.17) is 9.84 Å². The monoisotopic (exact) mass is 234 g/mol. The first kappa shape index (κ1) is 12.1. The molecule has 17 heavy (non-hydrogen) atoms. The molecule has 2 rings (SSSR count). The predicted molar refractivity (Wildman–Crippen MR) is 65.2 cm³/mol. The Labute approximate surface area is 101 Å². The Morgan fingerprint density at radius 1 is 1.47 bits per heavy atom. The van der Waals surface area contributed by atoms with Crippen LogP contribution in [0.25, 0.3) is 0 Å². The quantitative estimate of drug-likeness (QED) is 0.822. The molecular formula is C14H18O3. The number of carboxylic acids is 1. The van der Waals surface area contributed by atoms with Gasteiger partial charge in [0.25, 0.3) is 0 Å². The molecule has 0 heterocycles. The molecule has 0 aromatic heterocycles. The van der Waals surface area contributed by atoms with Gasteiger partial charge < -0.3 is 9.84 Å². The Kier molecular flexibility index (Phi) is 3.48. The molecule has 3 nitrogen and oxygen atoms in total. The minimum absolute atomic E-state index is 0.195. The van der Waals surface area contributed by atoms with Crippen LogP contribution in [0.15, 0.2) is 24.3 Å². The summed E-state index contributed by atoms with van der Waals surface area (Å²) in [6.07, 6.45) is 3.14. The van der Waals surface area contributed by atoms with Gasteiger partial charge in [-0.2, -0.15) is 0 Å². The molecule has 1 aromatic carbocycles. The molecule has 0 radical (unpaired) electrons. The fraction of sp³-hybridized carbons (Fsp3) is 0.500. The lowest BCUT2D eigenvalue weighted by Crippen LogP contribution is -2.14. The van der Waals surface area contributed by atoms with Gasteiger partial charge in [0.2, 0.25) is 0 Å². The molecule has 0 amide bonds. The van der Waals surface area contributed by atoms with E-state index in [9.17, 15) is 4.79 Å². The van der Waals surface area contributed by atoms with Gasteiger partial charge in [-0.1, -0.05) is 24.3 Å². The van der Waals surface area contributed by atoms with Crippen molar-refractivity contribution < 1.29 is 14.6 Å². The summed E-state index contributed by atoms with van der Waals surface area (Å²) in [4.78, 5) is 10.5. The van der Waals surface area contributed by atoms with Crippen LogP contribution in [0, 0.1) is 0 Å². The smallest absolute Gasteiger partial charge is 0.303 e. The maximum Gasteiger partial charge on any atom is 0.303 e. The molecule has 0 saturated heterocycles. The van der Waals surface area contributed by atoms with E-state index in [-0.39, 0.29) is 11.8 Å². The molecule has 3 heteroatoms. The molecule has 92 valence electrons. The van der Waals surface area contributed by atoms with Crippen molar-refractivity contribution in [3.8, 4) is 0 Å². The van der Waals surface area contributed by atoms with Gasteiger partial charge in [0.1, 0.15) is 0 Å². The number of aliphatic carboxylic acids is 1. The molecule has 1 aliphatic carbocycles. The fourth-order valence-electron chi connectivity index (χ4n) is 2.25. The molecular weight excluding hydrogens is 216 g/mol. The molecule has 1 aromatic rings. The standard InChI is InChI=1S/C14H18O3/c1-17-10-14(7-8-14)12-4-2-3-11(9-12)5-6-13(15)16/h2-4,9H,5-8,10H2,1H3,(H,15,16). The minimum Gasteiger partial charge on any atom is -0.481 e. The molecule has 1 fully saturated rings. The Bertz CT molecular complexity index is 408. The van der Waals surface area contributed by atoms with Crippen LogP contribution in [0.2, 0.25) is 0 Å². The van der Waals surface area contributed by atoms with Gasteiger partial charge in [-0.15, -0.1) is 0 Å². The van der Waals surface area contributed by atoms with Crippen LogP contribution in [0.1, 0.15) is 30.4 Å². The molecule has 0 spiro atoms. The van der Waals surface area contributed by atoms with Crippen molar-refractivity contribution in [2.75, 3.05) is 13.7 Å². The van der Waals surface area contributed by atoms with Gasteiger partial charge in [-0.3, -0.25) is 4.79 Å². The highest BCUT2D eigenvalue weighted by Crippen LogP contribution is 2.48. The van der Waals surface area contributed by atoms with Crippen molar-refractivity contribution in [3.05, 3.63) is 35.4 Å². The number of hydrogen-bond donors (Lipinski definition) is 1. The zero-order valence-corrected chi connectivity index (χ0v) is 10.1. The molecule has 0 atom stereocenters. The van der Waals surface area contributed by atoms with Crippen LogP contribution in [0.4, 0.5) is 0 Å². The fourth-order valence-corrected chi connectivity index (χ4v) is 2.25. The lowest BCUT2D eigenvalue weighted by Gasteiger charge is -2.15. The third-order valence-corrected chi connectivity index (χ3v) is 3.44. The lowest BCUT2D eigenvalue weighted by molar-refractivity contribution is -0.136. The van der Waals surface area contributed by atoms with Crippen LogP contribution < -0.4 is 0 Å². The van der Waals surface area contributed by atoms with Crippen LogP contribution in [-0.2, 0) is 21.4 Å². The number of benzene rings is 1.